The van der Waals surface area contributed by atoms with Crippen LogP contribution in [-0.2, 0) is 14.8 Å². The minimum Gasteiger partial charge on any atom is -0.481 e. The molecule has 1 rings (SSSR count). The van der Waals surface area contributed by atoms with Crippen LogP contribution in [0, 0.1) is 0 Å². The number of aliphatic carboxylic acids is 1. The van der Waals surface area contributed by atoms with Crippen molar-refractivity contribution in [3.63, 3.8) is 0 Å². The smallest absolute Gasteiger partial charge is 0.303 e. The van der Waals surface area contributed by atoms with Gasteiger partial charge in [0.15, 0.2) is 0 Å². The van der Waals surface area contributed by atoms with Gasteiger partial charge in [-0.3, -0.25) is 4.79 Å². The number of sulfonamides is 1. The fraction of sp³-hybridized carbons (Fsp3) is 0.417. The van der Waals surface area contributed by atoms with Gasteiger partial charge in [-0.2, -0.15) is 0 Å². The molecule has 0 fully saturated rings. The highest BCUT2D eigenvalue weighted by molar-refractivity contribution is 9.10. The van der Waals surface area contributed by atoms with Gasteiger partial charge in [0.1, 0.15) is 0 Å². The van der Waals surface area contributed by atoms with Crippen molar-refractivity contribution in [3.8, 4) is 0 Å². The van der Waals surface area contributed by atoms with Gasteiger partial charge in [-0.1, -0.05) is 11.6 Å². The molecule has 1 aromatic rings. The molecule has 0 aliphatic carbocycles. The van der Waals surface area contributed by atoms with E-state index in [1.807, 2.05) is 0 Å². The Kier molecular flexibility index (Phi) is 6.44. The number of rotatable bonds is 7. The second-order valence-electron chi connectivity index (χ2n) is 4.38. The number of carbonyl (C=O) groups is 1. The lowest BCUT2D eigenvalue weighted by atomic mass is 10.1. The first-order chi connectivity index (χ1) is 9.22. The maximum absolute atomic E-state index is 12.1. The van der Waals surface area contributed by atoms with E-state index < -0.39 is 16.0 Å². The fourth-order valence-electron chi connectivity index (χ4n) is 1.60. The van der Waals surface area contributed by atoms with Gasteiger partial charge in [-0.25, -0.2) is 13.1 Å². The van der Waals surface area contributed by atoms with E-state index in [2.05, 4.69) is 20.7 Å². The van der Waals surface area contributed by atoms with Crippen LogP contribution in [-0.4, -0.2) is 25.5 Å². The topological polar surface area (TPSA) is 83.5 Å². The number of halogens is 2. The second-order valence-corrected chi connectivity index (χ2v) is 7.36. The quantitative estimate of drug-likeness (QED) is 0.757. The van der Waals surface area contributed by atoms with Gasteiger partial charge in [-0.05, 0) is 53.9 Å². The molecule has 0 amide bonds. The van der Waals surface area contributed by atoms with E-state index in [1.54, 1.807) is 6.92 Å². The zero-order valence-corrected chi connectivity index (χ0v) is 13.9. The van der Waals surface area contributed by atoms with Crippen LogP contribution in [0.4, 0.5) is 0 Å². The third-order valence-electron chi connectivity index (χ3n) is 2.59. The summed E-state index contributed by atoms with van der Waals surface area (Å²) in [4.78, 5) is 10.5. The second kappa shape index (κ2) is 7.40. The summed E-state index contributed by atoms with van der Waals surface area (Å²) in [5.41, 5.74) is 0. The third kappa shape index (κ3) is 5.40. The Labute approximate surface area is 131 Å². The van der Waals surface area contributed by atoms with E-state index in [0.717, 1.165) is 0 Å². The summed E-state index contributed by atoms with van der Waals surface area (Å²) in [5, 5.41) is 8.97. The van der Waals surface area contributed by atoms with Crippen LogP contribution in [0.3, 0.4) is 0 Å². The number of carboxylic acid groups (broad SMARTS) is 1. The molecule has 1 unspecified atom stereocenters. The largest absolute Gasteiger partial charge is 0.481 e. The SMILES string of the molecule is CC(CCCC(=O)O)NS(=O)(=O)c1ccc(Cl)c(Br)c1. The van der Waals surface area contributed by atoms with Crippen molar-refractivity contribution in [3.05, 3.63) is 27.7 Å². The molecule has 2 N–H and O–H groups in total. The number of benzene rings is 1. The van der Waals surface area contributed by atoms with E-state index in [0.29, 0.717) is 22.3 Å². The molecular formula is C12H15BrClNO4S. The zero-order valence-electron chi connectivity index (χ0n) is 10.8. The summed E-state index contributed by atoms with van der Waals surface area (Å²) >= 11 is 8.99. The Balaban J connectivity index is 2.69. The Hall–Kier alpha value is -0.630. The van der Waals surface area contributed by atoms with Crippen molar-refractivity contribution >= 4 is 43.5 Å². The van der Waals surface area contributed by atoms with E-state index >= 15 is 0 Å². The normalized spacial score (nSPS) is 13.2. The van der Waals surface area contributed by atoms with Crippen LogP contribution in [0.25, 0.3) is 0 Å². The van der Waals surface area contributed by atoms with E-state index in [-0.39, 0.29) is 17.4 Å². The summed E-state index contributed by atoms with van der Waals surface area (Å²) in [6.07, 6.45) is 0.905. The molecule has 0 saturated carbocycles. The average Bonchev–Trinajstić information content (AvgIpc) is 2.31. The molecule has 0 aromatic heterocycles. The first kappa shape index (κ1) is 17.4. The number of hydrogen-bond donors (Lipinski definition) is 2. The highest BCUT2D eigenvalue weighted by Gasteiger charge is 2.18. The molecule has 0 bridgehead atoms. The lowest BCUT2D eigenvalue weighted by Gasteiger charge is -2.14. The third-order valence-corrected chi connectivity index (χ3v) is 5.39. The van der Waals surface area contributed by atoms with Gasteiger partial charge in [-0.15, -0.1) is 0 Å². The summed E-state index contributed by atoms with van der Waals surface area (Å²) in [6.45, 7) is 1.70. The van der Waals surface area contributed by atoms with Crippen LogP contribution in [0.1, 0.15) is 26.2 Å². The highest BCUT2D eigenvalue weighted by atomic mass is 79.9. The molecule has 112 valence electrons. The van der Waals surface area contributed by atoms with E-state index in [9.17, 15) is 13.2 Å². The maximum Gasteiger partial charge on any atom is 0.303 e. The minimum absolute atomic E-state index is 0.0263. The molecule has 0 spiro atoms. The van der Waals surface area contributed by atoms with Crippen LogP contribution >= 0.6 is 27.5 Å². The van der Waals surface area contributed by atoms with Crippen molar-refractivity contribution in [2.24, 2.45) is 0 Å². The number of hydrogen-bond acceptors (Lipinski definition) is 3. The Bertz CT molecular complexity index is 591. The molecule has 0 saturated heterocycles. The molecule has 1 atom stereocenters. The zero-order chi connectivity index (χ0) is 15.3. The molecule has 0 heterocycles. The predicted octanol–water partition coefficient (Wildman–Crippen LogP) is 3.02. The molecular weight excluding hydrogens is 370 g/mol. The monoisotopic (exact) mass is 383 g/mol. The van der Waals surface area contributed by atoms with Crippen molar-refractivity contribution in [2.45, 2.75) is 37.1 Å². The van der Waals surface area contributed by atoms with Crippen LogP contribution in [0.15, 0.2) is 27.6 Å². The van der Waals surface area contributed by atoms with Gasteiger partial charge < -0.3 is 5.11 Å². The van der Waals surface area contributed by atoms with Gasteiger partial charge >= 0.3 is 5.97 Å². The van der Waals surface area contributed by atoms with Crippen LogP contribution in [0.5, 0.6) is 0 Å². The molecule has 20 heavy (non-hydrogen) atoms. The standard InChI is InChI=1S/C12H15BrClNO4S/c1-8(3-2-4-12(16)17)15-20(18,19)9-5-6-11(14)10(13)7-9/h5-8,15H,2-4H2,1H3,(H,16,17). The highest BCUT2D eigenvalue weighted by Crippen LogP contribution is 2.25. The van der Waals surface area contributed by atoms with E-state index in [1.165, 1.54) is 18.2 Å². The van der Waals surface area contributed by atoms with Crippen molar-refractivity contribution in [1.82, 2.24) is 4.72 Å². The van der Waals surface area contributed by atoms with Gasteiger partial charge in [0.05, 0.1) is 9.92 Å². The molecule has 0 aliphatic heterocycles. The molecule has 1 aromatic carbocycles. The Morgan fingerprint density at radius 2 is 2.15 bits per heavy atom. The summed E-state index contributed by atoms with van der Waals surface area (Å²) in [6, 6.07) is 4.00. The van der Waals surface area contributed by atoms with Gasteiger partial charge in [0.2, 0.25) is 10.0 Å². The van der Waals surface area contributed by atoms with Gasteiger partial charge in [0, 0.05) is 16.9 Å². The molecule has 0 aliphatic rings. The summed E-state index contributed by atoms with van der Waals surface area (Å²) < 4.78 is 27.2. The number of carboxylic acids is 1. The van der Waals surface area contributed by atoms with Crippen LogP contribution < -0.4 is 4.72 Å². The van der Waals surface area contributed by atoms with Crippen molar-refractivity contribution < 1.29 is 18.3 Å². The Morgan fingerprint density at radius 3 is 2.70 bits per heavy atom. The Morgan fingerprint density at radius 1 is 1.50 bits per heavy atom. The lowest BCUT2D eigenvalue weighted by molar-refractivity contribution is -0.137. The summed E-state index contributed by atoms with van der Waals surface area (Å²) in [5.74, 6) is -0.887. The van der Waals surface area contributed by atoms with Crippen molar-refractivity contribution in [2.75, 3.05) is 0 Å². The molecule has 5 nitrogen and oxygen atoms in total. The fourth-order valence-corrected chi connectivity index (χ4v) is 3.55. The predicted molar refractivity (Wildman–Crippen MR) is 80.4 cm³/mol. The maximum atomic E-state index is 12.1. The molecule has 0 radical (unpaired) electrons. The number of nitrogens with one attached hydrogen (secondary N) is 1. The van der Waals surface area contributed by atoms with Crippen molar-refractivity contribution in [1.29, 1.82) is 0 Å². The first-order valence-corrected chi connectivity index (χ1v) is 8.57. The average molecular weight is 385 g/mol. The van der Waals surface area contributed by atoms with Crippen LogP contribution in [0.2, 0.25) is 5.02 Å². The first-order valence-electron chi connectivity index (χ1n) is 5.91. The minimum atomic E-state index is -3.64. The molecule has 8 heteroatoms. The lowest BCUT2D eigenvalue weighted by Crippen LogP contribution is -2.32. The van der Waals surface area contributed by atoms with Gasteiger partial charge in [0.25, 0.3) is 0 Å². The van der Waals surface area contributed by atoms with E-state index in [4.69, 9.17) is 16.7 Å². The summed E-state index contributed by atoms with van der Waals surface area (Å²) in [7, 11) is -3.64.